The molecule has 528 valence electrons. The predicted octanol–water partition coefficient (Wildman–Crippen LogP) is 13.5. The van der Waals surface area contributed by atoms with E-state index in [0.717, 1.165) is 42.4 Å². The number of nitrogens with zero attached hydrogens (tertiary/aromatic N) is 6. The van der Waals surface area contributed by atoms with Crippen molar-refractivity contribution < 1.29 is 95.6 Å². The van der Waals surface area contributed by atoms with Gasteiger partial charge >= 0.3 is 41.8 Å². The van der Waals surface area contributed by atoms with Crippen molar-refractivity contribution in [3.8, 4) is 67.4 Å². The number of amides is 1. The van der Waals surface area contributed by atoms with Crippen LogP contribution in [0.1, 0.15) is 39.5 Å². The number of aromatic hydroxyl groups is 1. The molecule has 0 bridgehead atoms. The number of fused-ring (bicyclic) bond motifs is 2. The Hall–Kier alpha value is -13.2. The normalized spacial score (nSPS) is 11.6. The van der Waals surface area contributed by atoms with E-state index in [9.17, 15) is 47.1 Å². The molecule has 1 amide bonds. The fraction of sp³-hybridized carbons (Fsp3) is 0.123. The molecule has 1 aliphatic heterocycles. The third kappa shape index (κ3) is 24.0. The lowest BCUT2D eigenvalue weighted by molar-refractivity contribution is -0.231. The van der Waals surface area contributed by atoms with Crippen LogP contribution >= 0.6 is 22.7 Å². The van der Waals surface area contributed by atoms with Gasteiger partial charge in [-0.3, -0.25) is 48.3 Å². The molecule has 6 aromatic carbocycles. The van der Waals surface area contributed by atoms with E-state index < -0.39 is 84.4 Å². The van der Waals surface area contributed by atoms with Gasteiger partial charge in [-0.2, -0.15) is 0 Å². The van der Waals surface area contributed by atoms with Crippen molar-refractivity contribution in [1.29, 1.82) is 0 Å². The summed E-state index contributed by atoms with van der Waals surface area (Å²) >= 11 is 2.95. The van der Waals surface area contributed by atoms with Crippen LogP contribution in [0.25, 0.3) is 41.8 Å². The van der Waals surface area contributed by atoms with Gasteiger partial charge in [0.25, 0.3) is 5.79 Å². The van der Waals surface area contributed by atoms with Gasteiger partial charge in [0.05, 0.1) is 30.2 Å². The predicted molar refractivity (Wildman–Crippen MR) is 374 cm³/mol. The highest BCUT2D eigenvalue weighted by Crippen LogP contribution is 2.41. The highest BCUT2D eigenvalue weighted by molar-refractivity contribution is 7.22. The number of aliphatic carboxylic acids is 2. The van der Waals surface area contributed by atoms with E-state index in [2.05, 4.69) is 34.7 Å². The molecule has 103 heavy (non-hydrogen) atoms. The number of carboxylic acid groups (broad SMARTS) is 2. The molecule has 6 N–H and O–H groups in total. The lowest BCUT2D eigenvalue weighted by Gasteiger charge is -2.28. The number of hydrogen-bond donors (Lipinski definition) is 5. The van der Waals surface area contributed by atoms with Crippen molar-refractivity contribution >= 4 is 102 Å². The monoisotopic (exact) mass is 1440 g/mol. The van der Waals surface area contributed by atoms with Crippen LogP contribution in [0.4, 0.5) is 20.2 Å². The minimum absolute atomic E-state index is 0.0177. The van der Waals surface area contributed by atoms with Crippen LogP contribution in [0.5, 0.6) is 46.0 Å². The first-order valence-electron chi connectivity index (χ1n) is 30.4. The fourth-order valence-electron chi connectivity index (χ4n) is 8.65. The van der Waals surface area contributed by atoms with Gasteiger partial charge in [-0.1, -0.05) is 72.8 Å². The Morgan fingerprint density at radius 2 is 0.922 bits per heavy atom. The maximum atomic E-state index is 14.8. The lowest BCUT2D eigenvalue weighted by Crippen LogP contribution is -2.39. The third-order valence-electron chi connectivity index (χ3n) is 13.0. The fourth-order valence-corrected chi connectivity index (χ4v) is 10.9. The Balaban J connectivity index is 0.000000172. The van der Waals surface area contributed by atoms with Gasteiger partial charge in [0.1, 0.15) is 71.8 Å². The summed E-state index contributed by atoms with van der Waals surface area (Å²) in [4.78, 5) is 106. The number of carbonyl (C=O) groups excluding carboxylic acids is 6. The van der Waals surface area contributed by atoms with Crippen molar-refractivity contribution in [3.63, 3.8) is 0 Å². The second kappa shape index (κ2) is 36.6. The van der Waals surface area contributed by atoms with E-state index in [0.29, 0.717) is 45.7 Å². The van der Waals surface area contributed by atoms with Crippen LogP contribution in [-0.4, -0.2) is 97.9 Å². The number of aryl methyl sites for hydroxylation is 2. The Labute approximate surface area is 592 Å². The third-order valence-corrected chi connectivity index (χ3v) is 15.3. The first-order chi connectivity index (χ1) is 49.3. The quantitative estimate of drug-likeness (QED) is 0.0260. The number of carbonyl (C=O) groups is 8. The summed E-state index contributed by atoms with van der Waals surface area (Å²) in [6.45, 7) is 3.03. The number of phenolic OH excluding ortho intramolecular Hbond substituents is 1. The second-order valence-corrected chi connectivity index (χ2v) is 23.7. The Kier molecular flexibility index (Phi) is 26.8. The minimum atomic E-state index is -1.19. The second-order valence-electron chi connectivity index (χ2n) is 21.6. The molecule has 0 spiro atoms. The molecule has 12 aromatic rings. The van der Waals surface area contributed by atoms with Gasteiger partial charge in [0, 0.05) is 101 Å². The molecule has 1 fully saturated rings. The zero-order valence-electron chi connectivity index (χ0n) is 54.9. The Morgan fingerprint density at radius 1 is 0.524 bits per heavy atom. The summed E-state index contributed by atoms with van der Waals surface area (Å²) in [5, 5.41) is 27.6. The number of nitrogens with one attached hydrogen (secondary N) is 1. The first-order valence-corrected chi connectivity index (χ1v) is 32.1. The Morgan fingerprint density at radius 3 is 1.28 bits per heavy atom. The molecule has 0 aliphatic carbocycles. The molecule has 0 radical (unpaired) electrons. The molecule has 1 aliphatic rings. The summed E-state index contributed by atoms with van der Waals surface area (Å²) in [7, 11) is 3.83. The van der Waals surface area contributed by atoms with Gasteiger partial charge < -0.3 is 68.7 Å². The number of esters is 5. The number of phenols is 1. The summed E-state index contributed by atoms with van der Waals surface area (Å²) in [6.07, 6.45) is 8.41. The SMILES string of the molecule is CC1(C)OC(=O)CC(=O)O1.Cn1ccnc1-c1cc2nccc(Oc3ccc(N)cc3F)c2s1.Cn1ccnc1-c1cc2nccc(Oc3ccc(NC(=O)CC(=O)Oc4ccccc4)cc3F)c2s1.O=C(O)CC(=O)Oc1ccccc1.O=C(O)CC(=O)Oc1ccccc1.Oc1ccccc1. The van der Waals surface area contributed by atoms with Crippen molar-refractivity contribution in [3.05, 3.63) is 231 Å². The lowest BCUT2D eigenvalue weighted by atomic mass is 10.2. The van der Waals surface area contributed by atoms with Crippen molar-refractivity contribution in [2.24, 2.45) is 14.1 Å². The van der Waals surface area contributed by atoms with Crippen LogP contribution in [0.3, 0.4) is 0 Å². The van der Waals surface area contributed by atoms with Gasteiger partial charge in [0.2, 0.25) is 5.91 Å². The summed E-state index contributed by atoms with van der Waals surface area (Å²) in [5.41, 5.74) is 7.60. The maximum absolute atomic E-state index is 14.8. The van der Waals surface area contributed by atoms with Crippen LogP contribution in [-0.2, 0) is 61.9 Å². The number of cyclic esters (lactones) is 2. The number of anilines is 2. The summed E-state index contributed by atoms with van der Waals surface area (Å²) in [5.74, 6) is -4.44. The standard InChI is InChI=1S/C26H19FN4O4S.C17H13FN4OS.2C9H8O4.C6H8O4.C6H6O/c1-31-12-11-29-26(31)22-14-19-25(36-22)21(9-10-28-19)35-20-8-7-16(13-18(20)27)30-23(32)15-24(33)34-17-5-3-2-4-6-17;1-22-7-6-21-17(22)15-9-12-16(24-15)14(4-5-20-12)23-13-3-2-10(19)8-11(13)18;2*10-8(11)6-9(12)13-7-4-2-1-3-5-7;1-6(2)9-4(7)3-5(8)10-6;7-6-4-2-1-3-5-6/h2-14H,15H2,1H3,(H,30,32);2-9H,19H2,1H3;2*1-5H,6H2,(H,10,11);3H2,1-2H3;1-5,7H. The number of para-hydroxylation sites is 4. The van der Waals surface area contributed by atoms with Gasteiger partial charge in [-0.05, 0) is 84.9 Å². The molecular weight excluding hydrogens is 1380 g/mol. The summed E-state index contributed by atoms with van der Waals surface area (Å²) in [6, 6.07) is 49.4. The molecule has 30 heteroatoms. The minimum Gasteiger partial charge on any atom is -0.508 e. The number of carboxylic acids is 2. The number of nitrogen functional groups attached to an aromatic ring is 1. The molecule has 0 atom stereocenters. The smallest absolute Gasteiger partial charge is 0.322 e. The largest absolute Gasteiger partial charge is 0.508 e. The summed E-state index contributed by atoms with van der Waals surface area (Å²) < 4.78 is 69.7. The highest BCUT2D eigenvalue weighted by Gasteiger charge is 2.34. The number of benzene rings is 6. The van der Waals surface area contributed by atoms with Gasteiger partial charge in [0.15, 0.2) is 23.1 Å². The van der Waals surface area contributed by atoms with E-state index in [1.54, 1.807) is 158 Å². The van der Waals surface area contributed by atoms with Crippen molar-refractivity contribution in [2.75, 3.05) is 11.1 Å². The first kappa shape index (κ1) is 75.6. The van der Waals surface area contributed by atoms with Crippen molar-refractivity contribution in [1.82, 2.24) is 29.1 Å². The van der Waals surface area contributed by atoms with Crippen LogP contribution < -0.4 is 34.7 Å². The number of nitrogens with two attached hydrogens (primary N) is 1. The van der Waals surface area contributed by atoms with E-state index in [4.69, 9.17) is 44.7 Å². The molecular formula is C73H62F2N8O18S2. The number of pyridine rings is 2. The Bertz CT molecular complexity index is 4840. The molecule has 7 heterocycles. The number of rotatable bonds is 16. The van der Waals surface area contributed by atoms with E-state index >= 15 is 0 Å². The number of halogens is 2. The maximum Gasteiger partial charge on any atom is 0.322 e. The molecule has 0 saturated carbocycles. The van der Waals surface area contributed by atoms with Crippen molar-refractivity contribution in [2.45, 2.75) is 45.3 Å². The number of ether oxygens (including phenoxy) is 7. The van der Waals surface area contributed by atoms with Gasteiger partial charge in [-0.15, -0.1) is 22.7 Å². The topological polar surface area (TPSA) is 361 Å². The number of aromatic nitrogens is 6. The highest BCUT2D eigenvalue weighted by atomic mass is 32.1. The van der Waals surface area contributed by atoms with E-state index in [1.165, 1.54) is 60.8 Å². The zero-order chi connectivity index (χ0) is 74.0. The zero-order valence-corrected chi connectivity index (χ0v) is 56.5. The van der Waals surface area contributed by atoms with E-state index in [1.807, 2.05) is 53.8 Å². The molecule has 0 unspecified atom stereocenters. The molecule has 13 rings (SSSR count). The molecule has 1 saturated heterocycles. The van der Waals surface area contributed by atoms with Crippen LogP contribution in [0.2, 0.25) is 0 Å². The van der Waals surface area contributed by atoms with Gasteiger partial charge in [-0.25, -0.2) is 18.7 Å². The van der Waals surface area contributed by atoms with Crippen LogP contribution in [0.15, 0.2) is 219 Å². The molecule has 26 nitrogen and oxygen atoms in total. The average Bonchev–Trinajstić information content (AvgIpc) is 1.66. The number of hydrogen-bond acceptors (Lipinski definition) is 23. The number of imidazole rings is 2. The molecule has 6 aromatic heterocycles. The van der Waals surface area contributed by atoms with Crippen LogP contribution in [0, 0.1) is 11.6 Å². The number of thiophene rings is 2. The van der Waals surface area contributed by atoms with E-state index in [-0.39, 0.29) is 23.6 Å². The average molecular weight is 1440 g/mol.